The Bertz CT molecular complexity index is 553. The van der Waals surface area contributed by atoms with Crippen molar-refractivity contribution in [1.29, 1.82) is 0 Å². The lowest BCUT2D eigenvalue weighted by atomic mass is 9.91. The van der Waals surface area contributed by atoms with Crippen molar-refractivity contribution in [3.63, 3.8) is 0 Å². The number of halogens is 3. The Kier molecular flexibility index (Phi) is 5.31. The number of rotatable bonds is 4. The minimum atomic E-state index is -4.62. The number of carbonyl (C=O) groups excluding carboxylic acids is 1. The zero-order chi connectivity index (χ0) is 17.1. The van der Waals surface area contributed by atoms with Gasteiger partial charge in [0.2, 0.25) is 5.91 Å². The van der Waals surface area contributed by atoms with Gasteiger partial charge in [-0.05, 0) is 37.0 Å². The number of nitrogens with one attached hydrogen (secondary N) is 1. The Morgan fingerprint density at radius 2 is 2.00 bits per heavy atom. The zero-order valence-corrected chi connectivity index (χ0v) is 13.0. The topological polar surface area (TPSA) is 52.6 Å². The zero-order valence-electron chi connectivity index (χ0n) is 13.0. The normalized spacial score (nSPS) is 18.7. The Labute approximate surface area is 133 Å². The molecule has 0 aliphatic carbocycles. The van der Waals surface area contributed by atoms with E-state index in [0.29, 0.717) is 5.69 Å². The molecular weight excluding hydrogens is 309 g/mol. The smallest absolute Gasteiger partial charge is 0.380 e. The van der Waals surface area contributed by atoms with Gasteiger partial charge >= 0.3 is 6.18 Å². The summed E-state index contributed by atoms with van der Waals surface area (Å²) in [6.45, 7) is 2.11. The number of aliphatic hydroxyl groups is 1. The van der Waals surface area contributed by atoms with Crippen LogP contribution in [0.5, 0.6) is 0 Å². The highest BCUT2D eigenvalue weighted by Gasteiger charge is 2.54. The van der Waals surface area contributed by atoms with Crippen molar-refractivity contribution in [3.05, 3.63) is 29.8 Å². The van der Waals surface area contributed by atoms with Crippen LogP contribution in [-0.4, -0.2) is 47.3 Å². The van der Waals surface area contributed by atoms with Crippen LogP contribution in [0.15, 0.2) is 24.3 Å². The minimum absolute atomic E-state index is 0.0181. The molecule has 0 atom stereocenters. The molecule has 2 N–H and O–H groups in total. The van der Waals surface area contributed by atoms with Gasteiger partial charge in [0, 0.05) is 18.8 Å². The van der Waals surface area contributed by atoms with E-state index in [1.807, 2.05) is 25.1 Å². The van der Waals surface area contributed by atoms with Crippen molar-refractivity contribution >= 4 is 11.6 Å². The summed E-state index contributed by atoms with van der Waals surface area (Å²) < 4.78 is 38.2. The first-order valence-corrected chi connectivity index (χ1v) is 7.64. The summed E-state index contributed by atoms with van der Waals surface area (Å²) in [5, 5.41) is 12.3. The largest absolute Gasteiger partial charge is 0.417 e. The number of alkyl halides is 3. The molecule has 0 bridgehead atoms. The Balaban J connectivity index is 1.85. The van der Waals surface area contributed by atoms with Gasteiger partial charge in [0.15, 0.2) is 5.60 Å². The first kappa shape index (κ1) is 17.7. The number of aryl methyl sites for hydroxylation is 1. The van der Waals surface area contributed by atoms with Crippen molar-refractivity contribution in [2.75, 3.05) is 25.0 Å². The summed E-state index contributed by atoms with van der Waals surface area (Å²) in [4.78, 5) is 13.6. The molecule has 128 valence electrons. The van der Waals surface area contributed by atoms with Gasteiger partial charge in [0.05, 0.1) is 6.54 Å². The number of benzene rings is 1. The predicted octanol–water partition coefficient (Wildman–Crippen LogP) is 2.58. The van der Waals surface area contributed by atoms with Crippen LogP contribution in [0.25, 0.3) is 0 Å². The molecule has 0 spiro atoms. The summed E-state index contributed by atoms with van der Waals surface area (Å²) in [7, 11) is 0. The molecule has 1 aliphatic rings. The first-order chi connectivity index (χ1) is 10.7. The summed E-state index contributed by atoms with van der Waals surface area (Å²) in [5.41, 5.74) is -0.857. The maximum atomic E-state index is 12.7. The second kappa shape index (κ2) is 6.88. The number of amides is 1. The molecular formula is C16H21F3N2O2. The summed E-state index contributed by atoms with van der Waals surface area (Å²) in [6.07, 6.45) is -4.59. The average Bonchev–Trinajstić information content (AvgIpc) is 2.49. The number of nitrogens with zero attached hydrogens (tertiary/aromatic N) is 1. The Hall–Kier alpha value is -1.60. The number of hydrogen-bond donors (Lipinski definition) is 2. The number of hydrogen-bond acceptors (Lipinski definition) is 3. The fraction of sp³-hybridized carbons (Fsp3) is 0.562. The quantitative estimate of drug-likeness (QED) is 0.892. The third kappa shape index (κ3) is 4.45. The van der Waals surface area contributed by atoms with Gasteiger partial charge in [-0.1, -0.05) is 19.1 Å². The molecule has 1 heterocycles. The molecule has 1 aliphatic heterocycles. The highest BCUT2D eigenvalue weighted by molar-refractivity contribution is 5.92. The van der Waals surface area contributed by atoms with E-state index in [-0.39, 0.29) is 25.5 Å². The number of likely N-dealkylation sites (tertiary alicyclic amines) is 1. The van der Waals surface area contributed by atoms with Crippen LogP contribution in [0, 0.1) is 0 Å². The molecule has 7 heteroatoms. The highest BCUT2D eigenvalue weighted by atomic mass is 19.4. The van der Waals surface area contributed by atoms with Gasteiger partial charge in [-0.3, -0.25) is 9.69 Å². The number of carbonyl (C=O) groups is 1. The molecule has 1 fully saturated rings. The second-order valence-electron chi connectivity index (χ2n) is 5.91. The van der Waals surface area contributed by atoms with E-state index in [2.05, 4.69) is 5.32 Å². The molecule has 0 aromatic heterocycles. The molecule has 23 heavy (non-hydrogen) atoms. The van der Waals surface area contributed by atoms with E-state index in [9.17, 15) is 23.1 Å². The average molecular weight is 330 g/mol. The van der Waals surface area contributed by atoms with Crippen molar-refractivity contribution in [2.45, 2.75) is 38.0 Å². The number of anilines is 1. The lowest BCUT2D eigenvalue weighted by molar-refractivity contribution is -0.272. The second-order valence-corrected chi connectivity index (χ2v) is 5.91. The van der Waals surface area contributed by atoms with Crippen molar-refractivity contribution in [2.24, 2.45) is 0 Å². The SMILES string of the molecule is CCc1cccc(NC(=O)CN2CCC(O)(C(F)(F)F)CC2)c1. The van der Waals surface area contributed by atoms with Crippen LogP contribution >= 0.6 is 0 Å². The molecule has 1 saturated heterocycles. The summed E-state index contributed by atoms with van der Waals surface area (Å²) >= 11 is 0. The molecule has 2 rings (SSSR count). The van der Waals surface area contributed by atoms with Crippen LogP contribution < -0.4 is 5.32 Å². The van der Waals surface area contributed by atoms with E-state index < -0.39 is 24.6 Å². The van der Waals surface area contributed by atoms with E-state index in [4.69, 9.17) is 0 Å². The third-order valence-electron chi connectivity index (χ3n) is 4.20. The van der Waals surface area contributed by atoms with Crippen LogP contribution in [0.3, 0.4) is 0 Å². The van der Waals surface area contributed by atoms with Crippen molar-refractivity contribution in [3.8, 4) is 0 Å². The van der Waals surface area contributed by atoms with E-state index in [1.165, 1.54) is 0 Å². The van der Waals surface area contributed by atoms with Gasteiger partial charge in [-0.25, -0.2) is 0 Å². The molecule has 1 aromatic carbocycles. The predicted molar refractivity (Wildman–Crippen MR) is 81.1 cm³/mol. The van der Waals surface area contributed by atoms with Gasteiger partial charge in [-0.15, -0.1) is 0 Å². The molecule has 1 aromatic rings. The maximum Gasteiger partial charge on any atom is 0.417 e. The summed E-state index contributed by atoms with van der Waals surface area (Å²) in [5.74, 6) is -0.268. The summed E-state index contributed by atoms with van der Waals surface area (Å²) in [6, 6.07) is 7.45. The first-order valence-electron chi connectivity index (χ1n) is 7.64. The maximum absolute atomic E-state index is 12.7. The molecule has 0 saturated carbocycles. The van der Waals surface area contributed by atoms with Gasteiger partial charge in [0.1, 0.15) is 0 Å². The molecule has 0 radical (unpaired) electrons. The minimum Gasteiger partial charge on any atom is -0.380 e. The van der Waals surface area contributed by atoms with E-state index in [1.54, 1.807) is 11.0 Å². The van der Waals surface area contributed by atoms with E-state index in [0.717, 1.165) is 12.0 Å². The highest BCUT2D eigenvalue weighted by Crippen LogP contribution is 2.38. The molecule has 1 amide bonds. The lowest BCUT2D eigenvalue weighted by Gasteiger charge is -2.38. The molecule has 0 unspecified atom stereocenters. The number of piperidine rings is 1. The third-order valence-corrected chi connectivity index (χ3v) is 4.20. The van der Waals surface area contributed by atoms with Crippen LogP contribution in [0.4, 0.5) is 18.9 Å². The standard InChI is InChI=1S/C16H21F3N2O2/c1-2-12-4-3-5-13(10-12)20-14(22)11-21-8-6-15(23,7-9-21)16(17,18)19/h3-5,10,23H,2,6-9,11H2,1H3,(H,20,22). The van der Waals surface area contributed by atoms with Crippen molar-refractivity contribution < 1.29 is 23.1 Å². The van der Waals surface area contributed by atoms with Crippen LogP contribution in [0.2, 0.25) is 0 Å². The van der Waals surface area contributed by atoms with Crippen molar-refractivity contribution in [1.82, 2.24) is 4.90 Å². The monoisotopic (exact) mass is 330 g/mol. The van der Waals surface area contributed by atoms with Gasteiger partial charge in [0.25, 0.3) is 0 Å². The lowest BCUT2D eigenvalue weighted by Crippen LogP contribution is -2.54. The van der Waals surface area contributed by atoms with Crippen LogP contribution in [-0.2, 0) is 11.2 Å². The van der Waals surface area contributed by atoms with Gasteiger partial charge < -0.3 is 10.4 Å². The fourth-order valence-corrected chi connectivity index (χ4v) is 2.64. The fourth-order valence-electron chi connectivity index (χ4n) is 2.64. The molecule has 4 nitrogen and oxygen atoms in total. The Morgan fingerprint density at radius 3 is 2.57 bits per heavy atom. The van der Waals surface area contributed by atoms with E-state index >= 15 is 0 Å². The Morgan fingerprint density at radius 1 is 1.35 bits per heavy atom. The van der Waals surface area contributed by atoms with Gasteiger partial charge in [-0.2, -0.15) is 13.2 Å². The van der Waals surface area contributed by atoms with Crippen LogP contribution in [0.1, 0.15) is 25.3 Å².